The molecule has 0 aromatic carbocycles. The normalized spacial score (nSPS) is 28.9. The molecule has 2 amide bonds. The second-order valence-corrected chi connectivity index (χ2v) is 10.2. The Hall–Kier alpha value is -3.20. The molecule has 2 atom stereocenters. The van der Waals surface area contributed by atoms with E-state index < -0.39 is 11.6 Å². The molecule has 6 rings (SSSR count). The van der Waals surface area contributed by atoms with Gasteiger partial charge in [0.1, 0.15) is 11.5 Å². The molecule has 0 saturated heterocycles. The Kier molecular flexibility index (Phi) is 5.89. The van der Waals surface area contributed by atoms with Crippen molar-refractivity contribution in [1.82, 2.24) is 20.6 Å². The molecule has 2 heterocycles. The van der Waals surface area contributed by atoms with Crippen molar-refractivity contribution in [3.63, 3.8) is 0 Å². The maximum Gasteiger partial charge on any atom is 0.414 e. The number of anilines is 1. The van der Waals surface area contributed by atoms with Crippen molar-refractivity contribution >= 4 is 17.8 Å². The van der Waals surface area contributed by atoms with Gasteiger partial charge in [-0.25, -0.2) is 4.79 Å². The third-order valence-electron chi connectivity index (χ3n) is 7.44. The molecule has 4 bridgehead atoms. The number of hydrogen-bond acceptors (Lipinski definition) is 7. The fourth-order valence-corrected chi connectivity index (χ4v) is 6.63. The van der Waals surface area contributed by atoms with E-state index in [0.29, 0.717) is 36.3 Å². The first-order chi connectivity index (χ1) is 16.4. The van der Waals surface area contributed by atoms with Crippen molar-refractivity contribution in [2.45, 2.75) is 49.6 Å². The topological polar surface area (TPSA) is 117 Å². The maximum atomic E-state index is 12.9. The summed E-state index contributed by atoms with van der Waals surface area (Å²) in [5.74, 6) is 1.58. The summed E-state index contributed by atoms with van der Waals surface area (Å²) in [7, 11) is 1.82. The van der Waals surface area contributed by atoms with Gasteiger partial charge in [-0.2, -0.15) is 4.98 Å². The summed E-state index contributed by atoms with van der Waals surface area (Å²) in [4.78, 5) is 36.2. The molecule has 0 aliphatic heterocycles. The number of aromatic nitrogens is 2. The van der Waals surface area contributed by atoms with Crippen LogP contribution in [0.4, 0.5) is 10.6 Å². The van der Waals surface area contributed by atoms with Crippen LogP contribution in [-0.2, 0) is 0 Å². The molecule has 2 aromatic rings. The van der Waals surface area contributed by atoms with E-state index in [1.165, 1.54) is 0 Å². The molecule has 4 fully saturated rings. The zero-order valence-electron chi connectivity index (χ0n) is 19.4. The predicted molar refractivity (Wildman–Crippen MR) is 126 cm³/mol. The smallest absolute Gasteiger partial charge is 0.395 e. The number of ether oxygens (including phenoxy) is 1. The van der Waals surface area contributed by atoms with Crippen LogP contribution in [-0.4, -0.2) is 58.4 Å². The fourth-order valence-electron chi connectivity index (χ4n) is 6.63. The monoisotopic (exact) mass is 465 g/mol. The van der Waals surface area contributed by atoms with Gasteiger partial charge < -0.3 is 25.4 Å². The van der Waals surface area contributed by atoms with Crippen molar-refractivity contribution in [1.29, 1.82) is 0 Å². The lowest BCUT2D eigenvalue weighted by atomic mass is 9.50. The third kappa shape index (κ3) is 4.57. The lowest BCUT2D eigenvalue weighted by molar-refractivity contribution is -0.0450. The number of hydrogen-bond donors (Lipinski definition) is 3. The van der Waals surface area contributed by atoms with Gasteiger partial charge >= 0.3 is 6.09 Å². The summed E-state index contributed by atoms with van der Waals surface area (Å²) in [6.07, 6.45) is 6.58. The first-order valence-corrected chi connectivity index (χ1v) is 11.9. The van der Waals surface area contributed by atoms with Crippen molar-refractivity contribution in [2.24, 2.45) is 11.8 Å². The van der Waals surface area contributed by atoms with Crippen LogP contribution in [0.25, 0.3) is 0 Å². The van der Waals surface area contributed by atoms with E-state index in [-0.39, 0.29) is 23.9 Å². The summed E-state index contributed by atoms with van der Waals surface area (Å²) in [5, 5.41) is 15.6. The van der Waals surface area contributed by atoms with Gasteiger partial charge in [-0.3, -0.25) is 9.78 Å². The minimum Gasteiger partial charge on any atom is -0.395 e. The van der Waals surface area contributed by atoms with E-state index in [1.54, 1.807) is 41.4 Å². The first kappa shape index (κ1) is 22.6. The molecule has 9 nitrogen and oxygen atoms in total. The minimum atomic E-state index is -0.525. The summed E-state index contributed by atoms with van der Waals surface area (Å²) < 4.78 is 5.56. The van der Waals surface area contributed by atoms with E-state index in [9.17, 15) is 9.59 Å². The highest BCUT2D eigenvalue weighted by Gasteiger charge is 2.59. The quantitative estimate of drug-likeness (QED) is 0.575. The van der Waals surface area contributed by atoms with Crippen LogP contribution in [0.1, 0.15) is 49.0 Å². The Morgan fingerprint density at radius 3 is 2.50 bits per heavy atom. The van der Waals surface area contributed by atoms with E-state index in [4.69, 9.17) is 9.84 Å². The van der Waals surface area contributed by atoms with Crippen molar-refractivity contribution < 1.29 is 19.4 Å². The molecule has 3 N–H and O–H groups in total. The lowest BCUT2D eigenvalue weighted by Crippen LogP contribution is -2.70. The molecule has 2 aromatic heterocycles. The van der Waals surface area contributed by atoms with Gasteiger partial charge in [-0.1, -0.05) is 12.1 Å². The van der Waals surface area contributed by atoms with Crippen molar-refractivity contribution in [3.05, 3.63) is 48.3 Å². The zero-order valence-corrected chi connectivity index (χ0v) is 19.4. The van der Waals surface area contributed by atoms with E-state index in [2.05, 4.69) is 20.6 Å². The molecule has 2 unspecified atom stereocenters. The van der Waals surface area contributed by atoms with Crippen LogP contribution in [0.5, 0.6) is 5.88 Å². The highest BCUT2D eigenvalue weighted by molar-refractivity contribution is 5.92. The van der Waals surface area contributed by atoms with Gasteiger partial charge in [-0.05, 0) is 68.6 Å². The van der Waals surface area contributed by atoms with Gasteiger partial charge in [0.25, 0.3) is 5.91 Å². The van der Waals surface area contributed by atoms with Gasteiger partial charge in [0.2, 0.25) is 5.88 Å². The van der Waals surface area contributed by atoms with Gasteiger partial charge in [0.05, 0.1) is 6.61 Å². The third-order valence-corrected chi connectivity index (χ3v) is 7.44. The number of amides is 2. The van der Waals surface area contributed by atoms with Crippen LogP contribution < -0.4 is 20.3 Å². The largest absolute Gasteiger partial charge is 0.414 e. The molecule has 0 spiro atoms. The number of carbonyl (C=O) groups excluding carboxylic acids is 2. The molecule has 4 aliphatic carbocycles. The van der Waals surface area contributed by atoms with Crippen LogP contribution in [0, 0.1) is 11.8 Å². The Balaban J connectivity index is 1.28. The molecule has 9 heteroatoms. The highest BCUT2D eigenvalue weighted by Crippen LogP contribution is 2.57. The first-order valence-electron chi connectivity index (χ1n) is 11.9. The number of aliphatic hydroxyl groups is 1. The van der Waals surface area contributed by atoms with Crippen molar-refractivity contribution in [2.75, 3.05) is 25.1 Å². The van der Waals surface area contributed by atoms with Crippen LogP contribution in [0.15, 0.2) is 42.6 Å². The number of carbonyl (C=O) groups is 2. The number of rotatable bonds is 7. The number of aliphatic hydroxyl groups excluding tert-OH is 1. The minimum absolute atomic E-state index is 0.00717. The summed E-state index contributed by atoms with van der Waals surface area (Å²) in [6, 6.07) is 10.5. The van der Waals surface area contributed by atoms with E-state index >= 15 is 0 Å². The Labute approximate surface area is 198 Å². The van der Waals surface area contributed by atoms with Crippen molar-refractivity contribution in [3.8, 4) is 5.88 Å². The highest BCUT2D eigenvalue weighted by atomic mass is 16.6. The number of nitrogens with zero attached hydrogens (tertiary/aromatic N) is 3. The summed E-state index contributed by atoms with van der Waals surface area (Å²) in [6.45, 7) is 0.439. The molecular formula is C25H31N5O4. The van der Waals surface area contributed by atoms with Crippen LogP contribution in [0.3, 0.4) is 0 Å². The Morgan fingerprint density at radius 2 is 1.82 bits per heavy atom. The van der Waals surface area contributed by atoms with E-state index in [1.807, 2.05) is 13.1 Å². The van der Waals surface area contributed by atoms with Crippen LogP contribution >= 0.6 is 0 Å². The van der Waals surface area contributed by atoms with Gasteiger partial charge in [0, 0.05) is 36.9 Å². The summed E-state index contributed by atoms with van der Waals surface area (Å²) >= 11 is 0. The average molecular weight is 466 g/mol. The predicted octanol–water partition coefficient (Wildman–Crippen LogP) is 2.51. The van der Waals surface area contributed by atoms with Gasteiger partial charge in [-0.15, -0.1) is 0 Å². The fraction of sp³-hybridized carbons (Fsp3) is 0.520. The second kappa shape index (κ2) is 8.87. The van der Waals surface area contributed by atoms with Crippen LogP contribution in [0.2, 0.25) is 0 Å². The molecule has 4 saturated carbocycles. The standard InChI is InChI=1S/C25H31N5O4/c1-30(9-10-31)20-6-4-7-21(27-20)34-23(33)29-25-14-17-11-18(15-25)13-24(12-17,16-25)28-22(32)19-5-2-3-8-26-19/h2-8,17-18,31H,9-16H2,1H3,(H,28,32)(H,29,33). The lowest BCUT2D eigenvalue weighted by Gasteiger charge is -2.61. The SMILES string of the molecule is CN(CCO)c1cccc(OC(=O)NC23CC4CC(C2)CC(NC(=O)c2ccccn2)(C4)C3)n1. The molecule has 4 aliphatic rings. The molecular weight excluding hydrogens is 434 g/mol. The number of likely N-dealkylation sites (N-methyl/N-ethyl adjacent to an activating group) is 1. The average Bonchev–Trinajstić information content (AvgIpc) is 2.78. The number of nitrogens with one attached hydrogen (secondary N) is 2. The Bertz CT molecular complexity index is 1050. The number of pyridine rings is 2. The Morgan fingerprint density at radius 1 is 1.09 bits per heavy atom. The second-order valence-electron chi connectivity index (χ2n) is 10.2. The molecule has 180 valence electrons. The summed E-state index contributed by atoms with van der Waals surface area (Å²) in [5.41, 5.74) is -0.321. The molecule has 34 heavy (non-hydrogen) atoms. The van der Waals surface area contributed by atoms with Gasteiger partial charge in [0.15, 0.2) is 0 Å². The van der Waals surface area contributed by atoms with E-state index in [0.717, 1.165) is 32.1 Å². The molecule has 0 radical (unpaired) electrons. The zero-order chi connectivity index (χ0) is 23.8. The maximum absolute atomic E-state index is 12.9.